The third-order valence-electron chi connectivity index (χ3n) is 4.22. The maximum absolute atomic E-state index is 12.3. The van der Waals surface area contributed by atoms with Crippen LogP contribution in [0.1, 0.15) is 36.1 Å². The summed E-state index contributed by atoms with van der Waals surface area (Å²) in [5.74, 6) is -1.05. The molecule has 0 saturated heterocycles. The first-order valence-electron chi connectivity index (χ1n) is 9.08. The minimum atomic E-state index is -0.979. The lowest BCUT2D eigenvalue weighted by Crippen LogP contribution is -2.37. The van der Waals surface area contributed by atoms with E-state index >= 15 is 0 Å². The minimum absolute atomic E-state index is 0.180. The number of halogens is 1. The van der Waals surface area contributed by atoms with E-state index in [0.717, 1.165) is 11.1 Å². The van der Waals surface area contributed by atoms with Crippen molar-refractivity contribution in [3.05, 3.63) is 70.2 Å². The molecule has 2 aromatic carbocycles. The van der Waals surface area contributed by atoms with Gasteiger partial charge in [0, 0.05) is 11.6 Å². The van der Waals surface area contributed by atoms with Gasteiger partial charge in [-0.25, -0.2) is 4.79 Å². The molecule has 7 nitrogen and oxygen atoms in total. The van der Waals surface area contributed by atoms with E-state index in [-0.39, 0.29) is 6.42 Å². The Bertz CT molecular complexity index is 853. The molecule has 0 heterocycles. The van der Waals surface area contributed by atoms with E-state index in [9.17, 15) is 14.4 Å². The summed E-state index contributed by atoms with van der Waals surface area (Å²) in [7, 11) is 0. The Labute approximate surface area is 174 Å². The fourth-order valence-corrected chi connectivity index (χ4v) is 2.75. The summed E-state index contributed by atoms with van der Waals surface area (Å²) in [5, 5.41) is 5.74. The predicted octanol–water partition coefficient (Wildman–Crippen LogP) is 3.00. The van der Waals surface area contributed by atoms with Crippen molar-refractivity contribution in [3.8, 4) is 0 Å². The van der Waals surface area contributed by atoms with Crippen LogP contribution in [0.25, 0.3) is 0 Å². The molecule has 0 fully saturated rings. The van der Waals surface area contributed by atoms with Crippen LogP contribution in [-0.2, 0) is 20.9 Å². The fraction of sp³-hybridized carbons (Fsp3) is 0.286. The summed E-state index contributed by atoms with van der Waals surface area (Å²) in [6.45, 7) is 3.80. The molecule has 0 aliphatic carbocycles. The van der Waals surface area contributed by atoms with Crippen molar-refractivity contribution >= 4 is 29.5 Å². The highest BCUT2D eigenvalue weighted by Crippen LogP contribution is 2.20. The van der Waals surface area contributed by atoms with E-state index in [1.165, 1.54) is 6.92 Å². The first kappa shape index (κ1) is 22.2. The van der Waals surface area contributed by atoms with Gasteiger partial charge in [0.1, 0.15) is 0 Å². The van der Waals surface area contributed by atoms with Gasteiger partial charge in [-0.2, -0.15) is 0 Å². The second-order valence-electron chi connectivity index (χ2n) is 6.65. The highest BCUT2D eigenvalue weighted by Gasteiger charge is 2.22. The van der Waals surface area contributed by atoms with Crippen LogP contribution < -0.4 is 16.4 Å². The van der Waals surface area contributed by atoms with Crippen molar-refractivity contribution in [2.75, 3.05) is 0 Å². The number of primary amides is 1. The van der Waals surface area contributed by atoms with Crippen molar-refractivity contribution < 1.29 is 19.1 Å². The third-order valence-corrected chi connectivity index (χ3v) is 4.48. The Morgan fingerprint density at radius 2 is 1.69 bits per heavy atom. The second kappa shape index (κ2) is 10.5. The molecule has 154 valence electrons. The lowest BCUT2D eigenvalue weighted by Gasteiger charge is -2.19. The quantitative estimate of drug-likeness (QED) is 0.573. The van der Waals surface area contributed by atoms with Gasteiger partial charge in [0.2, 0.25) is 0 Å². The molecule has 0 radical (unpaired) electrons. The van der Waals surface area contributed by atoms with Gasteiger partial charge < -0.3 is 21.1 Å². The van der Waals surface area contributed by atoms with Crippen LogP contribution >= 0.6 is 11.6 Å². The van der Waals surface area contributed by atoms with Crippen molar-refractivity contribution in [2.24, 2.45) is 5.73 Å². The van der Waals surface area contributed by atoms with Crippen LogP contribution in [0.2, 0.25) is 5.02 Å². The summed E-state index contributed by atoms with van der Waals surface area (Å²) in [6, 6.07) is 12.9. The number of rotatable bonds is 8. The average molecular weight is 418 g/mol. The van der Waals surface area contributed by atoms with Gasteiger partial charge in [-0.05, 0) is 37.1 Å². The number of nitrogens with one attached hydrogen (secondary N) is 2. The number of amides is 3. The number of ether oxygens (including phenoxy) is 1. The van der Waals surface area contributed by atoms with Crippen molar-refractivity contribution in [1.29, 1.82) is 0 Å². The number of benzene rings is 2. The van der Waals surface area contributed by atoms with E-state index in [1.807, 2.05) is 31.2 Å². The van der Waals surface area contributed by atoms with E-state index in [2.05, 4.69) is 10.6 Å². The second-order valence-corrected chi connectivity index (χ2v) is 7.09. The van der Waals surface area contributed by atoms with Crippen LogP contribution in [0.5, 0.6) is 0 Å². The van der Waals surface area contributed by atoms with Gasteiger partial charge in [-0.15, -0.1) is 0 Å². The topological polar surface area (TPSA) is 111 Å². The molecule has 0 aliphatic heterocycles. The summed E-state index contributed by atoms with van der Waals surface area (Å²) >= 11 is 5.87. The zero-order valence-corrected chi connectivity index (χ0v) is 17.0. The standard InChI is InChI=1S/C21H24ClN3O4/c1-13-3-5-15(6-4-13)12-24-20(27)14(2)29-19(26)11-18(25-21(23)28)16-7-9-17(22)10-8-16/h3-10,14,18H,11-12H2,1-2H3,(H,24,27)(H3,23,25,28)/t14-,18+/m0/s1. The number of aryl methyl sites for hydroxylation is 1. The fourth-order valence-electron chi connectivity index (χ4n) is 2.62. The summed E-state index contributed by atoms with van der Waals surface area (Å²) in [5.41, 5.74) is 7.91. The number of hydrogen-bond acceptors (Lipinski definition) is 4. The van der Waals surface area contributed by atoms with Gasteiger partial charge in [0.15, 0.2) is 6.10 Å². The monoisotopic (exact) mass is 417 g/mol. The molecule has 3 amide bonds. The summed E-state index contributed by atoms with van der Waals surface area (Å²) < 4.78 is 5.21. The molecule has 0 unspecified atom stereocenters. The number of hydrogen-bond donors (Lipinski definition) is 3. The number of nitrogens with two attached hydrogens (primary N) is 1. The van der Waals surface area contributed by atoms with Crippen molar-refractivity contribution in [3.63, 3.8) is 0 Å². The number of carbonyl (C=O) groups is 3. The number of esters is 1. The molecule has 8 heteroatoms. The predicted molar refractivity (Wildman–Crippen MR) is 110 cm³/mol. The van der Waals surface area contributed by atoms with E-state index in [4.69, 9.17) is 22.1 Å². The Morgan fingerprint density at radius 3 is 2.28 bits per heavy atom. The zero-order chi connectivity index (χ0) is 21.4. The van der Waals surface area contributed by atoms with Crippen LogP contribution in [0, 0.1) is 6.92 Å². The van der Waals surface area contributed by atoms with Crippen LogP contribution in [0.3, 0.4) is 0 Å². The molecule has 2 aromatic rings. The first-order valence-corrected chi connectivity index (χ1v) is 9.46. The van der Waals surface area contributed by atoms with E-state index in [0.29, 0.717) is 17.1 Å². The van der Waals surface area contributed by atoms with Gasteiger partial charge in [0.05, 0.1) is 12.5 Å². The third kappa shape index (κ3) is 7.46. The molecule has 2 atom stereocenters. The normalized spacial score (nSPS) is 12.5. The molecule has 0 spiro atoms. The highest BCUT2D eigenvalue weighted by molar-refractivity contribution is 6.30. The zero-order valence-electron chi connectivity index (χ0n) is 16.3. The van der Waals surface area contributed by atoms with Gasteiger partial charge in [0.25, 0.3) is 5.91 Å². The SMILES string of the molecule is Cc1ccc(CNC(=O)[C@H](C)OC(=O)C[C@@H](NC(N)=O)c2ccc(Cl)cc2)cc1. The lowest BCUT2D eigenvalue weighted by atomic mass is 10.0. The molecule has 0 saturated carbocycles. The van der Waals surface area contributed by atoms with Crippen LogP contribution in [0.4, 0.5) is 4.79 Å². The number of urea groups is 1. The Balaban J connectivity index is 1.90. The maximum Gasteiger partial charge on any atom is 0.312 e. The molecule has 0 bridgehead atoms. The first-order chi connectivity index (χ1) is 13.7. The average Bonchev–Trinajstić information content (AvgIpc) is 2.67. The Hall–Kier alpha value is -3.06. The van der Waals surface area contributed by atoms with E-state index < -0.39 is 30.1 Å². The van der Waals surface area contributed by atoms with Gasteiger partial charge in [-0.3, -0.25) is 9.59 Å². The Kier molecular flexibility index (Phi) is 8.03. The smallest absolute Gasteiger partial charge is 0.312 e. The molecule has 2 rings (SSSR count). The highest BCUT2D eigenvalue weighted by atomic mass is 35.5. The summed E-state index contributed by atoms with van der Waals surface area (Å²) in [4.78, 5) is 35.8. The minimum Gasteiger partial charge on any atom is -0.452 e. The lowest BCUT2D eigenvalue weighted by molar-refractivity contribution is -0.155. The van der Waals surface area contributed by atoms with Gasteiger partial charge in [-0.1, -0.05) is 53.6 Å². The molecule has 0 aliphatic rings. The largest absolute Gasteiger partial charge is 0.452 e. The molecular weight excluding hydrogens is 394 g/mol. The maximum atomic E-state index is 12.3. The van der Waals surface area contributed by atoms with E-state index in [1.54, 1.807) is 24.3 Å². The Morgan fingerprint density at radius 1 is 1.07 bits per heavy atom. The van der Waals surface area contributed by atoms with Crippen LogP contribution in [-0.4, -0.2) is 24.0 Å². The van der Waals surface area contributed by atoms with Crippen LogP contribution in [0.15, 0.2) is 48.5 Å². The molecule has 4 N–H and O–H groups in total. The number of carbonyl (C=O) groups excluding carboxylic acids is 3. The van der Waals surface area contributed by atoms with Crippen molar-refractivity contribution in [2.45, 2.75) is 39.0 Å². The summed E-state index contributed by atoms with van der Waals surface area (Å²) in [6.07, 6.45) is -1.16. The van der Waals surface area contributed by atoms with Gasteiger partial charge >= 0.3 is 12.0 Å². The molecular formula is C21H24ClN3O4. The molecule has 29 heavy (non-hydrogen) atoms. The van der Waals surface area contributed by atoms with Crippen molar-refractivity contribution in [1.82, 2.24) is 10.6 Å². The molecule has 0 aromatic heterocycles.